The second-order valence-electron chi connectivity index (χ2n) is 7.30. The summed E-state index contributed by atoms with van der Waals surface area (Å²) in [4.78, 5) is 42.3. The topological polar surface area (TPSA) is 105 Å². The number of carbonyl (C=O) groups excluding carboxylic acids is 3. The first-order chi connectivity index (χ1) is 13.9. The number of nitrogens with zero attached hydrogens (tertiary/aromatic N) is 1. The van der Waals surface area contributed by atoms with E-state index in [1.165, 1.54) is 13.4 Å². The van der Waals surface area contributed by atoms with Gasteiger partial charge in [-0.05, 0) is 44.7 Å². The summed E-state index contributed by atoms with van der Waals surface area (Å²) < 4.78 is 10.1. The number of ether oxygens (including phenoxy) is 1. The van der Waals surface area contributed by atoms with Crippen LogP contribution in [0.5, 0.6) is 0 Å². The van der Waals surface area contributed by atoms with Crippen molar-refractivity contribution in [1.29, 1.82) is 0 Å². The van der Waals surface area contributed by atoms with Gasteiger partial charge in [-0.1, -0.05) is 6.92 Å². The largest absolute Gasteiger partial charge is 0.465 e. The molecule has 0 bridgehead atoms. The van der Waals surface area contributed by atoms with E-state index in [1.54, 1.807) is 17.9 Å². The average Bonchev–Trinajstić information content (AvgIpc) is 3.30. The Morgan fingerprint density at radius 1 is 1.28 bits per heavy atom. The van der Waals surface area contributed by atoms with E-state index in [2.05, 4.69) is 10.3 Å². The quantitative estimate of drug-likeness (QED) is 0.750. The fourth-order valence-corrected chi connectivity index (χ4v) is 3.76. The zero-order valence-corrected chi connectivity index (χ0v) is 17.3. The molecule has 1 aliphatic heterocycles. The molecular weight excluding hydrogens is 374 g/mol. The number of amides is 2. The molecule has 0 aliphatic carbocycles. The zero-order valence-electron chi connectivity index (χ0n) is 17.3. The summed E-state index contributed by atoms with van der Waals surface area (Å²) >= 11 is 0. The van der Waals surface area contributed by atoms with Crippen molar-refractivity contribution >= 4 is 17.8 Å². The minimum atomic E-state index is -0.440. The van der Waals surface area contributed by atoms with E-state index in [4.69, 9.17) is 9.15 Å². The molecule has 2 N–H and O–H groups in total. The molecule has 3 rings (SSSR count). The van der Waals surface area contributed by atoms with E-state index in [1.807, 2.05) is 13.8 Å². The summed E-state index contributed by atoms with van der Waals surface area (Å²) in [6.07, 6.45) is 3.40. The number of aromatic nitrogens is 1. The normalized spacial score (nSPS) is 14.7. The lowest BCUT2D eigenvalue weighted by Gasteiger charge is -2.32. The van der Waals surface area contributed by atoms with Gasteiger partial charge in [0.1, 0.15) is 5.69 Å². The van der Waals surface area contributed by atoms with Crippen LogP contribution in [0.3, 0.4) is 0 Å². The van der Waals surface area contributed by atoms with Crippen LogP contribution < -0.4 is 5.32 Å². The molecule has 29 heavy (non-hydrogen) atoms. The van der Waals surface area contributed by atoms with Crippen LogP contribution in [0.1, 0.15) is 68.0 Å². The Hall–Kier alpha value is -3.03. The Morgan fingerprint density at radius 2 is 1.97 bits per heavy atom. The maximum absolute atomic E-state index is 13.0. The first-order valence-electron chi connectivity index (χ1n) is 9.81. The lowest BCUT2D eigenvalue weighted by atomic mass is 10.0. The van der Waals surface area contributed by atoms with Gasteiger partial charge < -0.3 is 24.4 Å². The Morgan fingerprint density at radius 3 is 2.52 bits per heavy atom. The summed E-state index contributed by atoms with van der Waals surface area (Å²) in [7, 11) is 1.33. The third-order valence-corrected chi connectivity index (χ3v) is 5.47. The molecule has 0 aromatic carbocycles. The summed E-state index contributed by atoms with van der Waals surface area (Å²) in [6, 6.07) is 1.74. The number of carbonyl (C=O) groups is 3. The summed E-state index contributed by atoms with van der Waals surface area (Å²) in [6.45, 7) is 6.54. The molecule has 8 nitrogen and oxygen atoms in total. The third kappa shape index (κ3) is 4.06. The molecule has 2 amide bonds. The highest BCUT2D eigenvalue weighted by molar-refractivity contribution is 6.00. The number of esters is 1. The molecule has 0 saturated carbocycles. The fraction of sp³-hybridized carbons (Fsp3) is 0.476. The van der Waals surface area contributed by atoms with Crippen LogP contribution in [-0.2, 0) is 11.2 Å². The molecular formula is C21H27N3O5. The first-order valence-corrected chi connectivity index (χ1v) is 9.81. The lowest BCUT2D eigenvalue weighted by Crippen LogP contribution is -2.46. The van der Waals surface area contributed by atoms with Gasteiger partial charge in [0, 0.05) is 30.4 Å². The number of H-pyrrole nitrogens is 1. The van der Waals surface area contributed by atoms with Crippen LogP contribution in [0.15, 0.2) is 16.7 Å². The number of nitrogens with one attached hydrogen (secondary N) is 2. The number of rotatable bonds is 5. The van der Waals surface area contributed by atoms with Gasteiger partial charge in [0.25, 0.3) is 11.8 Å². The van der Waals surface area contributed by atoms with Gasteiger partial charge >= 0.3 is 5.97 Å². The Bertz CT molecular complexity index is 919. The molecule has 2 aromatic heterocycles. The van der Waals surface area contributed by atoms with Gasteiger partial charge in [-0.15, -0.1) is 0 Å². The van der Waals surface area contributed by atoms with Crippen LogP contribution in [0.2, 0.25) is 0 Å². The van der Waals surface area contributed by atoms with Gasteiger partial charge in [0.15, 0.2) is 5.76 Å². The third-order valence-electron chi connectivity index (χ3n) is 5.47. The molecule has 2 aromatic rings. The van der Waals surface area contributed by atoms with Crippen molar-refractivity contribution in [3.05, 3.63) is 46.2 Å². The zero-order chi connectivity index (χ0) is 21.1. The van der Waals surface area contributed by atoms with Crippen LogP contribution in [0, 0.1) is 13.8 Å². The Kier molecular flexibility index (Phi) is 6.10. The molecule has 3 heterocycles. The molecule has 1 fully saturated rings. The molecule has 0 unspecified atom stereocenters. The SMILES string of the molecule is CCc1[nH]c(C(=O)N2CCC(NC(=O)c3occc3C)CC2)c(C)c1C(=O)OC. The van der Waals surface area contributed by atoms with Crippen molar-refractivity contribution in [3.63, 3.8) is 0 Å². The number of aromatic amines is 1. The second kappa shape index (κ2) is 8.55. The molecule has 156 valence electrons. The highest BCUT2D eigenvalue weighted by Crippen LogP contribution is 2.23. The van der Waals surface area contributed by atoms with Gasteiger partial charge in [0.2, 0.25) is 0 Å². The van der Waals surface area contributed by atoms with Crippen LogP contribution in [-0.4, -0.2) is 53.9 Å². The standard InChI is InChI=1S/C21H27N3O5/c1-5-15-16(21(27)28-4)13(3)17(23-15)20(26)24-9-6-14(7-10-24)22-19(25)18-12(2)8-11-29-18/h8,11,14,23H,5-7,9-10H2,1-4H3,(H,22,25). The molecule has 0 spiro atoms. The minimum Gasteiger partial charge on any atom is -0.465 e. The number of furan rings is 1. The maximum Gasteiger partial charge on any atom is 0.339 e. The smallest absolute Gasteiger partial charge is 0.339 e. The molecule has 0 atom stereocenters. The van der Waals surface area contributed by atoms with Crippen LogP contribution in [0.4, 0.5) is 0 Å². The van der Waals surface area contributed by atoms with Crippen molar-refractivity contribution < 1.29 is 23.5 Å². The van der Waals surface area contributed by atoms with Gasteiger partial charge in [-0.25, -0.2) is 4.79 Å². The van der Waals surface area contributed by atoms with E-state index in [-0.39, 0.29) is 17.9 Å². The predicted molar refractivity (Wildman–Crippen MR) is 106 cm³/mol. The fourth-order valence-electron chi connectivity index (χ4n) is 3.76. The number of hydrogen-bond acceptors (Lipinski definition) is 5. The van der Waals surface area contributed by atoms with E-state index in [0.717, 1.165) is 5.56 Å². The monoisotopic (exact) mass is 401 g/mol. The van der Waals surface area contributed by atoms with Crippen molar-refractivity contribution in [3.8, 4) is 0 Å². The van der Waals surface area contributed by atoms with Crippen molar-refractivity contribution in [2.75, 3.05) is 20.2 Å². The predicted octanol–water partition coefficient (Wildman–Crippen LogP) is 2.61. The highest BCUT2D eigenvalue weighted by Gasteiger charge is 2.30. The Balaban J connectivity index is 1.65. The summed E-state index contributed by atoms with van der Waals surface area (Å²) in [5.41, 5.74) is 2.98. The molecule has 0 radical (unpaired) electrons. The molecule has 1 saturated heterocycles. The number of piperidine rings is 1. The van der Waals surface area contributed by atoms with Crippen LogP contribution in [0.25, 0.3) is 0 Å². The van der Waals surface area contributed by atoms with Crippen molar-refractivity contribution in [2.24, 2.45) is 0 Å². The number of likely N-dealkylation sites (tertiary alicyclic amines) is 1. The second-order valence-corrected chi connectivity index (χ2v) is 7.30. The minimum absolute atomic E-state index is 0.0161. The van der Waals surface area contributed by atoms with Crippen molar-refractivity contribution in [2.45, 2.75) is 46.1 Å². The average molecular weight is 401 g/mol. The van der Waals surface area contributed by atoms with E-state index in [0.29, 0.717) is 60.6 Å². The van der Waals surface area contributed by atoms with E-state index >= 15 is 0 Å². The highest BCUT2D eigenvalue weighted by atomic mass is 16.5. The first kappa shape index (κ1) is 20.7. The molecule has 1 aliphatic rings. The van der Waals surface area contributed by atoms with Gasteiger partial charge in [0.05, 0.1) is 18.9 Å². The van der Waals surface area contributed by atoms with Crippen molar-refractivity contribution in [1.82, 2.24) is 15.2 Å². The van der Waals surface area contributed by atoms with Gasteiger partial charge in [-0.3, -0.25) is 9.59 Å². The van der Waals surface area contributed by atoms with Crippen LogP contribution >= 0.6 is 0 Å². The number of aryl methyl sites for hydroxylation is 2. The maximum atomic E-state index is 13.0. The van der Waals surface area contributed by atoms with Gasteiger partial charge in [-0.2, -0.15) is 0 Å². The lowest BCUT2D eigenvalue weighted by molar-refractivity contribution is 0.0598. The summed E-state index contributed by atoms with van der Waals surface area (Å²) in [5, 5.41) is 2.98. The number of methoxy groups -OCH3 is 1. The number of hydrogen-bond donors (Lipinski definition) is 2. The Labute approximate surface area is 169 Å². The molecule has 8 heteroatoms. The van der Waals surface area contributed by atoms with E-state index < -0.39 is 5.97 Å². The summed E-state index contributed by atoms with van der Waals surface area (Å²) in [5.74, 6) is -0.482. The van der Waals surface area contributed by atoms with E-state index in [9.17, 15) is 14.4 Å².